The van der Waals surface area contributed by atoms with Crippen LogP contribution in [0.5, 0.6) is 0 Å². The van der Waals surface area contributed by atoms with Crippen molar-refractivity contribution in [3.63, 3.8) is 0 Å². The first-order valence-corrected chi connectivity index (χ1v) is 11.6. The van der Waals surface area contributed by atoms with Crippen LogP contribution in [-0.2, 0) is 4.74 Å². The van der Waals surface area contributed by atoms with Crippen molar-refractivity contribution >= 4 is 17.3 Å². The molecule has 3 aromatic rings. The lowest BCUT2D eigenvalue weighted by atomic mass is 10.0. The van der Waals surface area contributed by atoms with Gasteiger partial charge in [-0.3, -0.25) is 14.9 Å². The van der Waals surface area contributed by atoms with Crippen LogP contribution in [-0.4, -0.2) is 68.8 Å². The zero-order valence-electron chi connectivity index (χ0n) is 18.0. The summed E-state index contributed by atoms with van der Waals surface area (Å²) in [5, 5.41) is 4.34. The summed E-state index contributed by atoms with van der Waals surface area (Å²) in [4.78, 5) is 13.8. The van der Waals surface area contributed by atoms with Gasteiger partial charge in [0.25, 0.3) is 0 Å². The lowest BCUT2D eigenvalue weighted by Crippen LogP contribution is -2.39. The molecule has 2 fully saturated rings. The minimum Gasteiger partial charge on any atom is -0.379 e. The van der Waals surface area contributed by atoms with Gasteiger partial charge in [-0.2, -0.15) is 0 Å². The fraction of sp³-hybridized carbons (Fsp3) is 0.375. The largest absolute Gasteiger partial charge is 0.379 e. The Morgan fingerprint density at radius 2 is 1.94 bits per heavy atom. The topological polar surface area (TPSA) is 58.5 Å². The summed E-state index contributed by atoms with van der Waals surface area (Å²) in [6.45, 7) is 5.60. The molecule has 0 unspecified atom stereocenters. The summed E-state index contributed by atoms with van der Waals surface area (Å²) < 4.78 is 7.69. The molecule has 0 radical (unpaired) electrons. The van der Waals surface area contributed by atoms with Crippen molar-refractivity contribution in [2.24, 2.45) is 0 Å². The van der Waals surface area contributed by atoms with Crippen LogP contribution in [0.1, 0.15) is 29.9 Å². The molecule has 5 rings (SSSR count). The number of hydrogen-bond acceptors (Lipinski definition) is 5. The van der Waals surface area contributed by atoms with E-state index in [-0.39, 0.29) is 12.1 Å². The lowest BCUT2D eigenvalue weighted by Gasteiger charge is -2.31. The van der Waals surface area contributed by atoms with Crippen LogP contribution < -0.4 is 5.32 Å². The Labute approximate surface area is 194 Å². The average molecular weight is 449 g/mol. The fourth-order valence-corrected chi connectivity index (χ4v) is 4.96. The summed E-state index contributed by atoms with van der Waals surface area (Å²) >= 11 is 5.83. The van der Waals surface area contributed by atoms with Crippen LogP contribution in [0.25, 0.3) is 5.69 Å². The molecule has 2 aliphatic heterocycles. The third-order valence-electron chi connectivity index (χ3n) is 6.18. The highest BCUT2D eigenvalue weighted by molar-refractivity contribution is 7.80. The zero-order chi connectivity index (χ0) is 21.8. The van der Waals surface area contributed by atoms with Crippen molar-refractivity contribution in [2.45, 2.75) is 18.5 Å². The number of thiocarbonyl (C=S) groups is 1. The van der Waals surface area contributed by atoms with Gasteiger partial charge in [-0.05, 0) is 55.0 Å². The summed E-state index contributed by atoms with van der Waals surface area (Å²) in [6, 6.07) is 14.4. The van der Waals surface area contributed by atoms with E-state index in [2.05, 4.69) is 60.1 Å². The van der Waals surface area contributed by atoms with Crippen molar-refractivity contribution in [2.75, 3.05) is 39.4 Å². The van der Waals surface area contributed by atoms with Crippen molar-refractivity contribution in [1.82, 2.24) is 29.7 Å². The van der Waals surface area contributed by atoms with Crippen molar-refractivity contribution < 1.29 is 4.74 Å². The molecule has 5 heterocycles. The quantitative estimate of drug-likeness (QED) is 0.558. The first kappa shape index (κ1) is 21.1. The number of pyridine rings is 2. The molecule has 2 saturated heterocycles. The second-order valence-electron chi connectivity index (χ2n) is 8.14. The van der Waals surface area contributed by atoms with Gasteiger partial charge >= 0.3 is 0 Å². The summed E-state index contributed by atoms with van der Waals surface area (Å²) in [6.07, 6.45) is 8.67. The predicted molar refractivity (Wildman–Crippen MR) is 128 cm³/mol. The summed E-state index contributed by atoms with van der Waals surface area (Å²) in [7, 11) is 0. The molecular weight excluding hydrogens is 420 g/mol. The zero-order valence-corrected chi connectivity index (χ0v) is 18.8. The highest BCUT2D eigenvalue weighted by Crippen LogP contribution is 2.39. The maximum atomic E-state index is 5.83. The molecule has 7 nitrogen and oxygen atoms in total. The Morgan fingerprint density at radius 1 is 1.03 bits per heavy atom. The van der Waals surface area contributed by atoms with E-state index in [0.29, 0.717) is 0 Å². The summed E-state index contributed by atoms with van der Waals surface area (Å²) in [5.74, 6) is 0. The van der Waals surface area contributed by atoms with E-state index in [9.17, 15) is 0 Å². The lowest BCUT2D eigenvalue weighted by molar-refractivity contribution is 0.0365. The Morgan fingerprint density at radius 3 is 2.72 bits per heavy atom. The first-order valence-electron chi connectivity index (χ1n) is 11.2. The van der Waals surface area contributed by atoms with Crippen molar-refractivity contribution in [1.29, 1.82) is 0 Å². The number of morpholine rings is 1. The third kappa shape index (κ3) is 4.39. The second-order valence-corrected chi connectivity index (χ2v) is 8.53. The highest BCUT2D eigenvalue weighted by atomic mass is 32.1. The average Bonchev–Trinajstić information content (AvgIpc) is 3.45. The molecule has 1 N–H and O–H groups in total. The van der Waals surface area contributed by atoms with Gasteiger partial charge < -0.3 is 19.5 Å². The van der Waals surface area contributed by atoms with Crippen LogP contribution in [0.3, 0.4) is 0 Å². The number of hydrogen-bond donors (Lipinski definition) is 1. The summed E-state index contributed by atoms with van der Waals surface area (Å²) in [5.41, 5.74) is 3.21. The van der Waals surface area contributed by atoms with E-state index in [4.69, 9.17) is 17.0 Å². The minimum absolute atomic E-state index is 0.0163. The normalized spacial score (nSPS) is 21.6. The van der Waals surface area contributed by atoms with E-state index >= 15 is 0 Å². The monoisotopic (exact) mass is 448 g/mol. The van der Waals surface area contributed by atoms with E-state index < -0.39 is 0 Å². The Kier molecular flexibility index (Phi) is 6.43. The molecule has 0 spiro atoms. The molecule has 0 aromatic carbocycles. The Hall–Kier alpha value is -2.81. The molecule has 8 heteroatoms. The van der Waals surface area contributed by atoms with E-state index in [1.165, 1.54) is 5.69 Å². The van der Waals surface area contributed by atoms with Crippen molar-refractivity contribution in [3.05, 3.63) is 78.6 Å². The predicted octanol–water partition coefficient (Wildman–Crippen LogP) is 2.96. The van der Waals surface area contributed by atoms with Gasteiger partial charge in [0.05, 0.1) is 42.9 Å². The fourth-order valence-electron chi connectivity index (χ4n) is 4.62. The number of aromatic nitrogens is 3. The van der Waals surface area contributed by atoms with Crippen LogP contribution in [0.2, 0.25) is 0 Å². The van der Waals surface area contributed by atoms with Crippen LogP contribution >= 0.6 is 12.2 Å². The van der Waals surface area contributed by atoms with E-state index in [1.807, 2.05) is 30.6 Å². The maximum Gasteiger partial charge on any atom is 0.170 e. The van der Waals surface area contributed by atoms with Gasteiger partial charge in [-0.15, -0.1) is 0 Å². The van der Waals surface area contributed by atoms with Crippen LogP contribution in [0, 0.1) is 0 Å². The molecule has 2 atom stereocenters. The molecule has 0 aliphatic carbocycles. The molecule has 166 valence electrons. The molecule has 32 heavy (non-hydrogen) atoms. The van der Waals surface area contributed by atoms with Gasteiger partial charge in [0.15, 0.2) is 5.11 Å². The van der Waals surface area contributed by atoms with Gasteiger partial charge in [-0.25, -0.2) is 0 Å². The number of ether oxygens (including phenoxy) is 1. The number of rotatable bonds is 7. The molecule has 0 bridgehead atoms. The van der Waals surface area contributed by atoms with Gasteiger partial charge in [0.2, 0.25) is 0 Å². The third-order valence-corrected chi connectivity index (χ3v) is 6.53. The Balaban J connectivity index is 1.43. The second kappa shape index (κ2) is 9.77. The van der Waals surface area contributed by atoms with Crippen LogP contribution in [0.4, 0.5) is 0 Å². The first-order chi connectivity index (χ1) is 15.8. The standard InChI is InChI=1S/C24H28N6OS/c32-24-27-22(20-7-1-2-10-26-20)23(30(24)13-5-11-28-14-16-31-17-15-28)21-8-4-12-29(21)19-6-3-9-25-18-19/h1-4,6-10,12,18,22-23H,5,11,13-17H2,(H,27,32)/t22-,23-/m1/s1. The van der Waals surface area contributed by atoms with Gasteiger partial charge in [0.1, 0.15) is 0 Å². The molecular formula is C24H28N6OS. The molecule has 3 aromatic heterocycles. The molecule has 0 amide bonds. The maximum absolute atomic E-state index is 5.83. The Bertz CT molecular complexity index is 1020. The van der Waals surface area contributed by atoms with Gasteiger partial charge in [0, 0.05) is 50.5 Å². The molecule has 0 saturated carbocycles. The smallest absolute Gasteiger partial charge is 0.170 e. The van der Waals surface area contributed by atoms with E-state index in [1.54, 1.807) is 6.20 Å². The van der Waals surface area contributed by atoms with Gasteiger partial charge in [-0.1, -0.05) is 6.07 Å². The SMILES string of the molecule is S=C1N[C@H](c2ccccn2)[C@@H](c2cccn2-c2cccnc2)N1CCCN1CCOCC1. The number of nitrogens with zero attached hydrogens (tertiary/aromatic N) is 5. The van der Waals surface area contributed by atoms with Crippen LogP contribution in [0.15, 0.2) is 67.3 Å². The highest BCUT2D eigenvalue weighted by Gasteiger charge is 2.41. The van der Waals surface area contributed by atoms with E-state index in [0.717, 1.165) is 62.3 Å². The van der Waals surface area contributed by atoms with Crippen molar-refractivity contribution in [3.8, 4) is 5.69 Å². The minimum atomic E-state index is -0.0163. The molecule has 2 aliphatic rings. The number of nitrogens with one attached hydrogen (secondary N) is 1.